The summed E-state index contributed by atoms with van der Waals surface area (Å²) in [6.07, 6.45) is 1.42. The highest BCUT2D eigenvalue weighted by atomic mass is 32.1. The van der Waals surface area contributed by atoms with Crippen LogP contribution in [0.15, 0.2) is 62.7 Å². The number of nitrogens with zero attached hydrogens (tertiary/aromatic N) is 3. The van der Waals surface area contributed by atoms with Crippen LogP contribution in [-0.4, -0.2) is 21.6 Å². The molecule has 0 spiro atoms. The van der Waals surface area contributed by atoms with Crippen molar-refractivity contribution < 1.29 is 13.9 Å². The Morgan fingerprint density at radius 2 is 1.88 bits per heavy atom. The van der Waals surface area contributed by atoms with Gasteiger partial charge in [0.25, 0.3) is 5.56 Å². The zero-order valence-electron chi connectivity index (χ0n) is 17.4. The van der Waals surface area contributed by atoms with Gasteiger partial charge in [0.1, 0.15) is 11.5 Å². The van der Waals surface area contributed by atoms with E-state index >= 15 is 0 Å². The van der Waals surface area contributed by atoms with Crippen molar-refractivity contribution in [2.24, 2.45) is 0 Å². The summed E-state index contributed by atoms with van der Waals surface area (Å²) in [5.74, 6) is 0.781. The second kappa shape index (κ2) is 7.61. The number of pyridine rings is 1. The molecule has 0 fully saturated rings. The molecule has 0 saturated heterocycles. The van der Waals surface area contributed by atoms with E-state index in [0.717, 1.165) is 26.1 Å². The number of thiazole rings is 1. The van der Waals surface area contributed by atoms with Gasteiger partial charge in [0, 0.05) is 18.3 Å². The van der Waals surface area contributed by atoms with Crippen molar-refractivity contribution in [1.29, 1.82) is 0 Å². The molecule has 32 heavy (non-hydrogen) atoms. The van der Waals surface area contributed by atoms with Gasteiger partial charge in [-0.15, -0.1) is 0 Å². The molecule has 0 aliphatic heterocycles. The Bertz CT molecular complexity index is 1620. The normalized spacial score (nSPS) is 11.2. The van der Waals surface area contributed by atoms with Crippen molar-refractivity contribution >= 4 is 32.7 Å². The number of aromatic nitrogens is 3. The molecule has 3 heterocycles. The molecule has 0 amide bonds. The molecule has 2 aromatic carbocycles. The number of aryl methyl sites for hydroxylation is 2. The summed E-state index contributed by atoms with van der Waals surface area (Å²) in [4.78, 5) is 34.1. The molecule has 9 heteroatoms. The number of benzene rings is 2. The lowest BCUT2D eigenvalue weighted by Gasteiger charge is -2.09. The predicted octanol–water partition coefficient (Wildman–Crippen LogP) is 4.37. The van der Waals surface area contributed by atoms with E-state index in [1.165, 1.54) is 30.7 Å². The van der Waals surface area contributed by atoms with Gasteiger partial charge in [0.05, 0.1) is 17.3 Å². The molecular formula is C23H17N3O5S. The van der Waals surface area contributed by atoms with E-state index in [1.807, 2.05) is 38.1 Å². The highest BCUT2D eigenvalue weighted by Gasteiger charge is 2.18. The molecule has 0 saturated carbocycles. The Labute approximate surface area is 185 Å². The second-order valence-electron chi connectivity index (χ2n) is 7.20. The third kappa shape index (κ3) is 3.32. The molecule has 0 unspecified atom stereocenters. The summed E-state index contributed by atoms with van der Waals surface area (Å²) in [7, 11) is 1.42. The Hall–Kier alpha value is -3.98. The minimum absolute atomic E-state index is 0.00603. The first-order chi connectivity index (χ1) is 15.4. The van der Waals surface area contributed by atoms with Gasteiger partial charge in [-0.2, -0.15) is 4.57 Å². The van der Waals surface area contributed by atoms with Crippen LogP contribution in [-0.2, 0) is 0 Å². The monoisotopic (exact) mass is 447 g/mol. The minimum Gasteiger partial charge on any atom is -0.493 e. The summed E-state index contributed by atoms with van der Waals surface area (Å²) in [5, 5.41) is 0.189. The smallest absolute Gasteiger partial charge is 0.429 e. The summed E-state index contributed by atoms with van der Waals surface area (Å²) >= 11 is 1.18. The SMILES string of the molecule is COc1ccnc2c(=O)n(-c3nc4ccc(Oc5ccc(C)cc5C)cc4s3)c(=O)oc12. The maximum atomic E-state index is 13.0. The molecule has 3 aromatic heterocycles. The van der Waals surface area contributed by atoms with Crippen molar-refractivity contribution in [3.63, 3.8) is 0 Å². The van der Waals surface area contributed by atoms with E-state index in [1.54, 1.807) is 12.1 Å². The van der Waals surface area contributed by atoms with Gasteiger partial charge in [0.15, 0.2) is 11.3 Å². The van der Waals surface area contributed by atoms with Gasteiger partial charge < -0.3 is 13.9 Å². The van der Waals surface area contributed by atoms with Crippen LogP contribution in [0.3, 0.4) is 0 Å². The van der Waals surface area contributed by atoms with Gasteiger partial charge in [0.2, 0.25) is 10.7 Å². The van der Waals surface area contributed by atoms with Gasteiger partial charge in [-0.05, 0) is 37.6 Å². The molecule has 5 aromatic rings. The van der Waals surface area contributed by atoms with Crippen molar-refractivity contribution in [3.8, 4) is 22.4 Å². The van der Waals surface area contributed by atoms with Crippen LogP contribution in [0.2, 0.25) is 0 Å². The fraction of sp³-hybridized carbons (Fsp3) is 0.130. The van der Waals surface area contributed by atoms with Gasteiger partial charge in [-0.1, -0.05) is 29.0 Å². The first-order valence-electron chi connectivity index (χ1n) is 9.69. The molecule has 5 rings (SSSR count). The molecule has 0 aliphatic carbocycles. The fourth-order valence-corrected chi connectivity index (χ4v) is 4.40. The van der Waals surface area contributed by atoms with Crippen molar-refractivity contribution in [1.82, 2.24) is 14.5 Å². The van der Waals surface area contributed by atoms with Gasteiger partial charge in [-0.25, -0.2) is 14.8 Å². The zero-order valence-corrected chi connectivity index (χ0v) is 18.2. The minimum atomic E-state index is -0.861. The fourth-order valence-electron chi connectivity index (χ4n) is 3.42. The largest absolute Gasteiger partial charge is 0.493 e. The Morgan fingerprint density at radius 3 is 2.66 bits per heavy atom. The number of hydrogen-bond donors (Lipinski definition) is 0. The van der Waals surface area contributed by atoms with Crippen LogP contribution in [0.1, 0.15) is 11.1 Å². The lowest BCUT2D eigenvalue weighted by atomic mass is 10.1. The highest BCUT2D eigenvalue weighted by molar-refractivity contribution is 7.20. The molecule has 0 N–H and O–H groups in total. The van der Waals surface area contributed by atoms with Gasteiger partial charge >= 0.3 is 5.76 Å². The van der Waals surface area contributed by atoms with Crippen molar-refractivity contribution in [2.75, 3.05) is 7.11 Å². The first kappa shape index (κ1) is 20.0. The molecule has 0 radical (unpaired) electrons. The maximum absolute atomic E-state index is 13.0. The van der Waals surface area contributed by atoms with Crippen LogP contribution in [0, 0.1) is 13.8 Å². The van der Waals surface area contributed by atoms with E-state index in [4.69, 9.17) is 13.9 Å². The number of rotatable bonds is 4. The molecular weight excluding hydrogens is 430 g/mol. The maximum Gasteiger partial charge on any atom is 0.429 e. The van der Waals surface area contributed by atoms with E-state index in [-0.39, 0.29) is 22.0 Å². The van der Waals surface area contributed by atoms with Crippen LogP contribution in [0.5, 0.6) is 17.2 Å². The van der Waals surface area contributed by atoms with Crippen LogP contribution >= 0.6 is 11.3 Å². The molecule has 160 valence electrons. The second-order valence-corrected chi connectivity index (χ2v) is 8.21. The van der Waals surface area contributed by atoms with E-state index in [2.05, 4.69) is 9.97 Å². The Morgan fingerprint density at radius 1 is 1.03 bits per heavy atom. The first-order valence-corrected chi connectivity index (χ1v) is 10.5. The summed E-state index contributed by atoms with van der Waals surface area (Å²) in [6.45, 7) is 4.01. The third-order valence-electron chi connectivity index (χ3n) is 4.96. The average Bonchev–Trinajstić information content (AvgIpc) is 3.18. The van der Waals surface area contributed by atoms with Gasteiger partial charge in [-0.3, -0.25) is 4.79 Å². The van der Waals surface area contributed by atoms with Crippen molar-refractivity contribution in [3.05, 3.63) is 80.7 Å². The Balaban J connectivity index is 1.59. The molecule has 0 aliphatic rings. The molecule has 0 bridgehead atoms. The van der Waals surface area contributed by atoms with Crippen LogP contribution in [0.25, 0.3) is 26.4 Å². The lowest BCUT2D eigenvalue weighted by molar-refractivity contribution is 0.401. The third-order valence-corrected chi connectivity index (χ3v) is 5.97. The van der Waals surface area contributed by atoms with E-state index in [0.29, 0.717) is 11.3 Å². The topological polar surface area (TPSA) is 96.5 Å². The molecule has 8 nitrogen and oxygen atoms in total. The predicted molar refractivity (Wildman–Crippen MR) is 122 cm³/mol. The quantitative estimate of drug-likeness (QED) is 0.404. The number of ether oxygens (including phenoxy) is 2. The number of fused-ring (bicyclic) bond motifs is 2. The highest BCUT2D eigenvalue weighted by Crippen LogP contribution is 2.31. The van der Waals surface area contributed by atoms with E-state index in [9.17, 15) is 9.59 Å². The van der Waals surface area contributed by atoms with E-state index < -0.39 is 11.3 Å². The van der Waals surface area contributed by atoms with Crippen molar-refractivity contribution in [2.45, 2.75) is 13.8 Å². The summed E-state index contributed by atoms with van der Waals surface area (Å²) in [6, 6.07) is 12.9. The lowest BCUT2D eigenvalue weighted by Crippen LogP contribution is -2.31. The molecule has 0 atom stereocenters. The van der Waals surface area contributed by atoms with Crippen LogP contribution < -0.4 is 20.8 Å². The van der Waals surface area contributed by atoms with Crippen LogP contribution in [0.4, 0.5) is 0 Å². The zero-order chi connectivity index (χ0) is 22.4. The number of hydrogen-bond acceptors (Lipinski definition) is 8. The Kier molecular flexibility index (Phi) is 4.75. The number of methoxy groups -OCH3 is 1. The summed E-state index contributed by atoms with van der Waals surface area (Å²) in [5.41, 5.74) is 2.18. The summed E-state index contributed by atoms with van der Waals surface area (Å²) < 4.78 is 18.2. The standard InChI is InChI=1S/C23H17N3O5S/c1-12-4-7-16(13(2)10-12)30-14-5-6-15-18(11-14)32-22(25-15)26-21(27)19-20(31-23(26)28)17(29-3)8-9-24-19/h4-11H,1-3H3. The average molecular weight is 447 g/mol.